The Bertz CT molecular complexity index is 190. The molecular weight excluding hydrogens is 232 g/mol. The highest BCUT2D eigenvalue weighted by Crippen LogP contribution is 2.12. The predicted molar refractivity (Wildman–Crippen MR) is 87.5 cm³/mol. The smallest absolute Gasteiger partial charge is 0.0167 e. The van der Waals surface area contributed by atoms with Gasteiger partial charge in [-0.15, -0.1) is 0 Å². The second kappa shape index (κ2) is 11.7. The molecule has 0 bridgehead atoms. The third-order valence-electron chi connectivity index (χ3n) is 3.58. The van der Waals surface area contributed by atoms with E-state index in [-0.39, 0.29) is 0 Å². The van der Waals surface area contributed by atoms with E-state index < -0.39 is 0 Å². The van der Waals surface area contributed by atoms with E-state index in [0.717, 1.165) is 24.9 Å². The molecule has 1 unspecified atom stereocenters. The molecular formula is C17H38N2. The van der Waals surface area contributed by atoms with Gasteiger partial charge in [0.25, 0.3) is 0 Å². The van der Waals surface area contributed by atoms with Crippen molar-refractivity contribution >= 4 is 0 Å². The first-order chi connectivity index (χ1) is 8.91. The Hall–Kier alpha value is -0.0800. The van der Waals surface area contributed by atoms with Gasteiger partial charge in [0.05, 0.1) is 0 Å². The molecule has 0 heterocycles. The van der Waals surface area contributed by atoms with Crippen molar-refractivity contribution in [1.29, 1.82) is 0 Å². The molecule has 0 aliphatic heterocycles. The molecule has 0 aromatic rings. The van der Waals surface area contributed by atoms with Crippen LogP contribution >= 0.6 is 0 Å². The molecule has 0 aliphatic carbocycles. The molecule has 0 spiro atoms. The van der Waals surface area contributed by atoms with E-state index in [0.29, 0.717) is 6.04 Å². The predicted octanol–water partition coefficient (Wildman–Crippen LogP) is 4.29. The van der Waals surface area contributed by atoms with Crippen LogP contribution < -0.4 is 5.73 Å². The lowest BCUT2D eigenvalue weighted by Crippen LogP contribution is -2.36. The fraction of sp³-hybridized carbons (Fsp3) is 1.00. The van der Waals surface area contributed by atoms with Gasteiger partial charge in [-0.1, -0.05) is 66.2 Å². The second-order valence-corrected chi connectivity index (χ2v) is 7.11. The summed E-state index contributed by atoms with van der Waals surface area (Å²) in [5.74, 6) is 1.60. The first-order valence-corrected chi connectivity index (χ1v) is 8.36. The van der Waals surface area contributed by atoms with Gasteiger partial charge in [0.15, 0.2) is 0 Å². The number of likely N-dealkylation sites (N-methyl/N-ethyl adjacent to an activating group) is 1. The lowest BCUT2D eigenvalue weighted by atomic mass is 10.0. The Kier molecular flexibility index (Phi) is 11.7. The molecule has 2 heteroatoms. The zero-order valence-electron chi connectivity index (χ0n) is 14.1. The minimum absolute atomic E-state index is 0.361. The molecule has 2 nitrogen and oxygen atoms in total. The van der Waals surface area contributed by atoms with Crippen LogP contribution in [0.1, 0.15) is 72.6 Å². The highest BCUT2D eigenvalue weighted by atomic mass is 15.1. The molecule has 0 aliphatic rings. The molecule has 19 heavy (non-hydrogen) atoms. The first kappa shape index (κ1) is 18.9. The number of nitrogens with two attached hydrogens (primary N) is 1. The molecule has 0 saturated heterocycles. The molecule has 2 N–H and O–H groups in total. The molecule has 0 aromatic carbocycles. The molecule has 0 fully saturated rings. The largest absolute Gasteiger partial charge is 0.327 e. The average Bonchev–Trinajstić information content (AvgIpc) is 2.25. The van der Waals surface area contributed by atoms with Crippen LogP contribution in [0, 0.1) is 11.8 Å². The summed E-state index contributed by atoms with van der Waals surface area (Å²) in [6.45, 7) is 11.4. The van der Waals surface area contributed by atoms with Crippen molar-refractivity contribution in [1.82, 2.24) is 4.90 Å². The summed E-state index contributed by atoms with van der Waals surface area (Å²) < 4.78 is 0. The van der Waals surface area contributed by atoms with Gasteiger partial charge in [0.2, 0.25) is 0 Å². The van der Waals surface area contributed by atoms with Crippen LogP contribution in [0.4, 0.5) is 0 Å². The minimum atomic E-state index is 0.361. The van der Waals surface area contributed by atoms with E-state index in [4.69, 9.17) is 5.73 Å². The van der Waals surface area contributed by atoms with E-state index >= 15 is 0 Å². The van der Waals surface area contributed by atoms with E-state index in [1.165, 1.54) is 44.9 Å². The SMILES string of the molecule is CC(C)CCCCCCCC(N)CN(C)CC(C)C. The van der Waals surface area contributed by atoms with Crippen molar-refractivity contribution in [3.05, 3.63) is 0 Å². The third-order valence-corrected chi connectivity index (χ3v) is 3.58. The number of hydrogen-bond donors (Lipinski definition) is 1. The maximum absolute atomic E-state index is 6.19. The van der Waals surface area contributed by atoms with E-state index in [1.807, 2.05) is 0 Å². The van der Waals surface area contributed by atoms with E-state index in [1.54, 1.807) is 0 Å². The fourth-order valence-corrected chi connectivity index (χ4v) is 2.68. The molecule has 0 radical (unpaired) electrons. The maximum Gasteiger partial charge on any atom is 0.0167 e. The standard InChI is InChI=1S/C17H38N2/c1-15(2)11-9-7-6-8-10-12-17(18)14-19(5)13-16(3)4/h15-17H,6-14,18H2,1-5H3. The van der Waals surface area contributed by atoms with Gasteiger partial charge in [0, 0.05) is 19.1 Å². The van der Waals surface area contributed by atoms with Gasteiger partial charge in [-0.05, 0) is 25.3 Å². The van der Waals surface area contributed by atoms with E-state index in [9.17, 15) is 0 Å². The topological polar surface area (TPSA) is 29.3 Å². The Balaban J connectivity index is 3.36. The highest BCUT2D eigenvalue weighted by Gasteiger charge is 2.07. The van der Waals surface area contributed by atoms with Crippen molar-refractivity contribution in [2.75, 3.05) is 20.1 Å². The van der Waals surface area contributed by atoms with Crippen molar-refractivity contribution in [3.63, 3.8) is 0 Å². The number of unbranched alkanes of at least 4 members (excludes halogenated alkanes) is 4. The lowest BCUT2D eigenvalue weighted by molar-refractivity contribution is 0.271. The monoisotopic (exact) mass is 270 g/mol. The van der Waals surface area contributed by atoms with Crippen LogP contribution in [0.5, 0.6) is 0 Å². The van der Waals surface area contributed by atoms with Crippen LogP contribution in [-0.2, 0) is 0 Å². The third kappa shape index (κ3) is 14.1. The van der Waals surface area contributed by atoms with Crippen molar-refractivity contribution < 1.29 is 0 Å². The molecule has 0 amide bonds. The van der Waals surface area contributed by atoms with Crippen molar-refractivity contribution in [3.8, 4) is 0 Å². The summed E-state index contributed by atoms with van der Waals surface area (Å²) in [5, 5.41) is 0. The number of hydrogen-bond acceptors (Lipinski definition) is 2. The van der Waals surface area contributed by atoms with Crippen molar-refractivity contribution in [2.45, 2.75) is 78.7 Å². The first-order valence-electron chi connectivity index (χ1n) is 8.36. The minimum Gasteiger partial charge on any atom is -0.327 e. The summed E-state index contributed by atoms with van der Waals surface area (Å²) in [5.41, 5.74) is 6.19. The van der Waals surface area contributed by atoms with Crippen LogP contribution in [0.2, 0.25) is 0 Å². The average molecular weight is 271 g/mol. The Morgan fingerprint density at radius 3 is 1.79 bits per heavy atom. The van der Waals surface area contributed by atoms with Gasteiger partial charge in [-0.3, -0.25) is 0 Å². The van der Waals surface area contributed by atoms with Gasteiger partial charge < -0.3 is 10.6 Å². The molecule has 0 aromatic heterocycles. The molecule has 1 atom stereocenters. The van der Waals surface area contributed by atoms with Crippen LogP contribution in [-0.4, -0.2) is 31.1 Å². The zero-order chi connectivity index (χ0) is 14.7. The van der Waals surface area contributed by atoms with Gasteiger partial charge >= 0.3 is 0 Å². The summed E-state index contributed by atoms with van der Waals surface area (Å²) in [6, 6.07) is 0.361. The van der Waals surface area contributed by atoms with Crippen LogP contribution in [0.25, 0.3) is 0 Å². The number of nitrogens with zero attached hydrogens (tertiary/aromatic N) is 1. The Morgan fingerprint density at radius 1 is 0.737 bits per heavy atom. The fourth-order valence-electron chi connectivity index (χ4n) is 2.68. The molecule has 0 rings (SSSR count). The maximum atomic E-state index is 6.19. The van der Waals surface area contributed by atoms with Crippen molar-refractivity contribution in [2.24, 2.45) is 17.6 Å². The second-order valence-electron chi connectivity index (χ2n) is 7.11. The molecule has 0 saturated carbocycles. The van der Waals surface area contributed by atoms with Gasteiger partial charge in [-0.25, -0.2) is 0 Å². The zero-order valence-corrected chi connectivity index (χ0v) is 14.1. The molecule has 116 valence electrons. The Morgan fingerprint density at radius 2 is 1.26 bits per heavy atom. The quantitative estimate of drug-likeness (QED) is 0.536. The van der Waals surface area contributed by atoms with Gasteiger partial charge in [0.1, 0.15) is 0 Å². The summed E-state index contributed by atoms with van der Waals surface area (Å²) in [6.07, 6.45) is 9.44. The van der Waals surface area contributed by atoms with Gasteiger partial charge in [-0.2, -0.15) is 0 Å². The normalized spacial score (nSPS) is 13.7. The summed E-state index contributed by atoms with van der Waals surface area (Å²) >= 11 is 0. The summed E-state index contributed by atoms with van der Waals surface area (Å²) in [4.78, 5) is 2.37. The highest BCUT2D eigenvalue weighted by molar-refractivity contribution is 4.67. The van der Waals surface area contributed by atoms with E-state index in [2.05, 4.69) is 39.6 Å². The Labute approximate surface area is 122 Å². The number of rotatable bonds is 12. The van der Waals surface area contributed by atoms with Crippen LogP contribution in [0.3, 0.4) is 0 Å². The lowest BCUT2D eigenvalue weighted by Gasteiger charge is -2.22. The summed E-state index contributed by atoms with van der Waals surface area (Å²) in [7, 11) is 2.19. The van der Waals surface area contributed by atoms with Crippen LogP contribution in [0.15, 0.2) is 0 Å².